The molecule has 5 rings (SSSR count). The second kappa shape index (κ2) is 9.65. The first-order valence-corrected chi connectivity index (χ1v) is 11.5. The van der Waals surface area contributed by atoms with Gasteiger partial charge in [0.1, 0.15) is 18.0 Å². The summed E-state index contributed by atoms with van der Waals surface area (Å²) in [7, 11) is 0. The molecule has 0 fully saturated rings. The number of nitrogens with one attached hydrogen (secondary N) is 1. The second-order valence-electron chi connectivity index (χ2n) is 8.24. The maximum absolute atomic E-state index is 13.4. The minimum atomic E-state index is -0.628. The van der Waals surface area contributed by atoms with Gasteiger partial charge in [-0.25, -0.2) is 23.5 Å². The van der Waals surface area contributed by atoms with Gasteiger partial charge in [-0.2, -0.15) is 5.10 Å². The fourth-order valence-electron chi connectivity index (χ4n) is 4.32. The number of hydrogen-bond acceptors (Lipinski definition) is 7. The predicted molar refractivity (Wildman–Crippen MR) is 128 cm³/mol. The molecule has 10 heteroatoms. The molecule has 0 aliphatic heterocycles. The standard InChI is InChI=1S/C26H22FN3O6/c1-2-34-26(33)28-17-8-11-19-15(12-23(31)36-22(19)13-17)14-35-25(32)24-20-4-3-5-21(20)30(29-24)18-9-6-16(27)7-10-18/h6-13H,2-5,14H2,1H3,(H,28,33). The van der Waals surface area contributed by atoms with Gasteiger partial charge in [0, 0.05) is 40.0 Å². The minimum absolute atomic E-state index is 0.177. The average Bonchev–Trinajstić information content (AvgIpc) is 3.46. The summed E-state index contributed by atoms with van der Waals surface area (Å²) in [4.78, 5) is 36.8. The van der Waals surface area contributed by atoms with E-state index in [1.165, 1.54) is 24.3 Å². The van der Waals surface area contributed by atoms with Crippen LogP contribution in [0.25, 0.3) is 16.7 Å². The van der Waals surface area contributed by atoms with Crippen LogP contribution in [-0.2, 0) is 28.9 Å². The van der Waals surface area contributed by atoms with E-state index in [2.05, 4.69) is 10.4 Å². The first-order chi connectivity index (χ1) is 17.4. The highest BCUT2D eigenvalue weighted by Gasteiger charge is 2.28. The summed E-state index contributed by atoms with van der Waals surface area (Å²) < 4.78 is 30.7. The van der Waals surface area contributed by atoms with E-state index >= 15 is 0 Å². The normalized spacial score (nSPS) is 12.4. The predicted octanol–water partition coefficient (Wildman–Crippen LogP) is 4.53. The second-order valence-corrected chi connectivity index (χ2v) is 8.24. The minimum Gasteiger partial charge on any atom is -0.456 e. The third-order valence-corrected chi connectivity index (χ3v) is 5.91. The quantitative estimate of drug-likeness (QED) is 0.311. The van der Waals surface area contributed by atoms with Crippen molar-refractivity contribution in [2.45, 2.75) is 32.8 Å². The lowest BCUT2D eigenvalue weighted by atomic mass is 10.1. The molecule has 36 heavy (non-hydrogen) atoms. The lowest BCUT2D eigenvalue weighted by Gasteiger charge is -2.09. The summed E-state index contributed by atoms with van der Waals surface area (Å²) in [5.74, 6) is -0.971. The smallest absolute Gasteiger partial charge is 0.411 e. The number of esters is 1. The molecule has 0 saturated carbocycles. The molecular weight excluding hydrogens is 469 g/mol. The highest BCUT2D eigenvalue weighted by atomic mass is 19.1. The number of ether oxygens (including phenoxy) is 2. The number of halogens is 1. The lowest BCUT2D eigenvalue weighted by Crippen LogP contribution is -2.13. The summed E-state index contributed by atoms with van der Waals surface area (Å²) in [5.41, 5.74) is 3.03. The molecule has 2 aromatic heterocycles. The Balaban J connectivity index is 1.38. The van der Waals surface area contributed by atoms with Gasteiger partial charge in [0.15, 0.2) is 5.69 Å². The van der Waals surface area contributed by atoms with Crippen molar-refractivity contribution in [2.75, 3.05) is 11.9 Å². The molecule has 184 valence electrons. The van der Waals surface area contributed by atoms with Gasteiger partial charge in [0.05, 0.1) is 12.3 Å². The Morgan fingerprint density at radius 1 is 1.11 bits per heavy atom. The number of amides is 1. The Bertz CT molecular complexity index is 1520. The van der Waals surface area contributed by atoms with Crippen LogP contribution >= 0.6 is 0 Å². The number of hydrogen-bond donors (Lipinski definition) is 1. The van der Waals surface area contributed by atoms with E-state index in [-0.39, 0.29) is 30.3 Å². The highest BCUT2D eigenvalue weighted by Crippen LogP contribution is 2.29. The largest absolute Gasteiger partial charge is 0.456 e. The van der Waals surface area contributed by atoms with Crippen molar-refractivity contribution in [3.63, 3.8) is 0 Å². The van der Waals surface area contributed by atoms with Gasteiger partial charge in [-0.1, -0.05) is 0 Å². The number of carbonyl (C=O) groups is 2. The molecule has 0 radical (unpaired) electrons. The van der Waals surface area contributed by atoms with Gasteiger partial charge in [0.2, 0.25) is 0 Å². The number of fused-ring (bicyclic) bond motifs is 2. The summed E-state index contributed by atoms with van der Waals surface area (Å²) >= 11 is 0. The van der Waals surface area contributed by atoms with Crippen molar-refractivity contribution in [3.8, 4) is 5.69 Å². The molecule has 0 atom stereocenters. The zero-order chi connectivity index (χ0) is 25.2. The Labute approximate surface area is 204 Å². The highest BCUT2D eigenvalue weighted by molar-refractivity contribution is 5.91. The van der Waals surface area contributed by atoms with E-state index in [0.29, 0.717) is 28.7 Å². The average molecular weight is 491 g/mol. The van der Waals surface area contributed by atoms with Crippen LogP contribution in [0.3, 0.4) is 0 Å². The van der Waals surface area contributed by atoms with Crippen molar-refractivity contribution in [1.29, 1.82) is 0 Å². The SMILES string of the molecule is CCOC(=O)Nc1ccc2c(COC(=O)c3nn(-c4ccc(F)cc4)c4c3CCC4)cc(=O)oc2c1. The fourth-order valence-corrected chi connectivity index (χ4v) is 4.32. The van der Waals surface area contributed by atoms with Crippen LogP contribution in [0.15, 0.2) is 57.7 Å². The number of nitrogens with zero attached hydrogens (tertiary/aromatic N) is 2. The Morgan fingerprint density at radius 3 is 2.69 bits per heavy atom. The zero-order valence-electron chi connectivity index (χ0n) is 19.4. The van der Waals surface area contributed by atoms with Crippen LogP contribution in [0.2, 0.25) is 0 Å². The maximum atomic E-state index is 13.4. The van der Waals surface area contributed by atoms with Gasteiger partial charge >= 0.3 is 17.7 Å². The molecule has 9 nitrogen and oxygen atoms in total. The van der Waals surface area contributed by atoms with Gasteiger partial charge in [0.25, 0.3) is 0 Å². The molecule has 0 spiro atoms. The van der Waals surface area contributed by atoms with Crippen LogP contribution < -0.4 is 10.9 Å². The summed E-state index contributed by atoms with van der Waals surface area (Å²) in [6, 6.07) is 11.9. The molecule has 1 aliphatic rings. The third kappa shape index (κ3) is 4.57. The van der Waals surface area contributed by atoms with Gasteiger partial charge in [-0.05, 0) is 62.6 Å². The molecule has 1 amide bonds. The maximum Gasteiger partial charge on any atom is 0.411 e. The molecule has 4 aromatic rings. The molecule has 2 heterocycles. The molecular formula is C26H22FN3O6. The van der Waals surface area contributed by atoms with Crippen molar-refractivity contribution < 1.29 is 27.9 Å². The molecule has 0 unspecified atom stereocenters. The van der Waals surface area contributed by atoms with Crippen LogP contribution in [0.4, 0.5) is 14.9 Å². The van der Waals surface area contributed by atoms with E-state index in [0.717, 1.165) is 24.1 Å². The Hall–Kier alpha value is -4.47. The monoisotopic (exact) mass is 491 g/mol. The lowest BCUT2D eigenvalue weighted by molar-refractivity contribution is 0.0465. The fraction of sp³-hybridized carbons (Fsp3) is 0.231. The number of rotatable bonds is 6. The first-order valence-electron chi connectivity index (χ1n) is 11.5. The van der Waals surface area contributed by atoms with Crippen molar-refractivity contribution in [1.82, 2.24) is 9.78 Å². The van der Waals surface area contributed by atoms with Crippen LogP contribution in [0.5, 0.6) is 0 Å². The molecule has 1 aliphatic carbocycles. The first kappa shape index (κ1) is 23.3. The summed E-state index contributed by atoms with van der Waals surface area (Å²) in [6.45, 7) is 1.73. The Kier molecular flexibility index (Phi) is 6.24. The number of anilines is 1. The van der Waals surface area contributed by atoms with E-state index in [4.69, 9.17) is 13.9 Å². The van der Waals surface area contributed by atoms with Gasteiger partial charge in [-0.15, -0.1) is 0 Å². The van der Waals surface area contributed by atoms with E-state index < -0.39 is 17.7 Å². The van der Waals surface area contributed by atoms with E-state index in [9.17, 15) is 18.8 Å². The number of benzene rings is 2. The van der Waals surface area contributed by atoms with Crippen molar-refractivity contribution in [2.24, 2.45) is 0 Å². The van der Waals surface area contributed by atoms with E-state index in [1.807, 2.05) is 0 Å². The van der Waals surface area contributed by atoms with Crippen LogP contribution in [-0.4, -0.2) is 28.4 Å². The van der Waals surface area contributed by atoms with Crippen molar-refractivity contribution in [3.05, 3.63) is 87.3 Å². The van der Waals surface area contributed by atoms with Gasteiger partial charge < -0.3 is 13.9 Å². The van der Waals surface area contributed by atoms with Crippen LogP contribution in [0, 0.1) is 5.82 Å². The number of aromatic nitrogens is 2. The van der Waals surface area contributed by atoms with Crippen LogP contribution in [0.1, 0.15) is 40.7 Å². The van der Waals surface area contributed by atoms with Crippen molar-refractivity contribution >= 4 is 28.7 Å². The Morgan fingerprint density at radius 2 is 1.92 bits per heavy atom. The molecule has 0 bridgehead atoms. The topological polar surface area (TPSA) is 113 Å². The third-order valence-electron chi connectivity index (χ3n) is 5.91. The van der Waals surface area contributed by atoms with Gasteiger partial charge in [-0.3, -0.25) is 5.32 Å². The van der Waals surface area contributed by atoms with E-state index in [1.54, 1.807) is 35.9 Å². The number of carbonyl (C=O) groups excluding carboxylic acids is 2. The summed E-state index contributed by atoms with van der Waals surface area (Å²) in [5, 5.41) is 7.57. The zero-order valence-corrected chi connectivity index (χ0v) is 19.4. The summed E-state index contributed by atoms with van der Waals surface area (Å²) in [6.07, 6.45) is 1.69. The molecule has 1 N–H and O–H groups in total. The molecule has 0 saturated heterocycles. The molecule has 2 aromatic carbocycles.